The molecule has 0 aliphatic rings. The van der Waals surface area contributed by atoms with Gasteiger partial charge in [-0.05, 0) is 42.5 Å². The van der Waals surface area contributed by atoms with Gasteiger partial charge < -0.3 is 21.2 Å². The number of anilines is 2. The number of nitrogens with two attached hydrogens (primary N) is 1. The summed E-state index contributed by atoms with van der Waals surface area (Å²) in [5.74, 6) is 6.64. The van der Waals surface area contributed by atoms with E-state index in [0.717, 1.165) is 23.2 Å². The Labute approximate surface area is 165 Å². The molecule has 28 heavy (non-hydrogen) atoms. The summed E-state index contributed by atoms with van der Waals surface area (Å²) in [5, 5.41) is 14.2. The Kier molecular flexibility index (Phi) is 6.33. The van der Waals surface area contributed by atoms with Gasteiger partial charge in [-0.1, -0.05) is 17.8 Å². The molecule has 0 radical (unpaired) electrons. The number of nitrogens with zero attached hydrogens (tertiary/aromatic N) is 3. The van der Waals surface area contributed by atoms with Crippen molar-refractivity contribution in [2.75, 3.05) is 29.3 Å². The van der Waals surface area contributed by atoms with Crippen molar-refractivity contribution in [1.29, 1.82) is 0 Å². The summed E-state index contributed by atoms with van der Waals surface area (Å²) >= 11 is 1.14. The van der Waals surface area contributed by atoms with Crippen LogP contribution in [0, 0.1) is 5.82 Å². The lowest BCUT2D eigenvalue weighted by molar-refractivity contribution is -0.113. The number of carbonyl (C=O) groups excluding carboxylic acids is 1. The van der Waals surface area contributed by atoms with Gasteiger partial charge in [0, 0.05) is 11.4 Å². The number of thioether (sulfide) groups is 1. The van der Waals surface area contributed by atoms with Crippen LogP contribution in [0.3, 0.4) is 0 Å². The van der Waals surface area contributed by atoms with Gasteiger partial charge in [-0.15, -0.1) is 10.2 Å². The molecule has 3 aromatic rings. The average molecular weight is 402 g/mol. The summed E-state index contributed by atoms with van der Waals surface area (Å²) in [4.78, 5) is 12.0. The molecular formula is C18H19FN6O2S. The molecule has 3 rings (SSSR count). The van der Waals surface area contributed by atoms with E-state index in [0.29, 0.717) is 23.2 Å². The molecule has 0 unspecified atom stereocenters. The second-order valence-corrected chi connectivity index (χ2v) is 6.64. The first-order chi connectivity index (χ1) is 13.5. The highest BCUT2D eigenvalue weighted by molar-refractivity contribution is 7.99. The number of methoxy groups -OCH3 is 1. The number of hydrogen-bond acceptors (Lipinski definition) is 7. The Hall–Kier alpha value is -3.27. The largest absolute Gasteiger partial charge is 0.497 e. The summed E-state index contributed by atoms with van der Waals surface area (Å²) in [7, 11) is 1.61. The van der Waals surface area contributed by atoms with Crippen LogP contribution in [0.1, 0.15) is 5.82 Å². The molecule has 0 saturated carbocycles. The van der Waals surface area contributed by atoms with Gasteiger partial charge in [0.1, 0.15) is 11.6 Å². The Morgan fingerprint density at radius 2 is 2.00 bits per heavy atom. The molecule has 0 spiro atoms. The van der Waals surface area contributed by atoms with E-state index in [1.54, 1.807) is 13.2 Å². The minimum Gasteiger partial charge on any atom is -0.497 e. The minimum atomic E-state index is -0.416. The Balaban J connectivity index is 1.51. The normalized spacial score (nSPS) is 10.5. The van der Waals surface area contributed by atoms with E-state index in [9.17, 15) is 9.18 Å². The Morgan fingerprint density at radius 3 is 2.71 bits per heavy atom. The minimum absolute atomic E-state index is 0.0672. The molecule has 4 N–H and O–H groups in total. The van der Waals surface area contributed by atoms with Crippen LogP contribution in [0.25, 0.3) is 0 Å². The molecule has 10 heteroatoms. The van der Waals surface area contributed by atoms with E-state index in [4.69, 9.17) is 10.6 Å². The molecule has 0 saturated heterocycles. The highest BCUT2D eigenvalue weighted by Crippen LogP contribution is 2.18. The van der Waals surface area contributed by atoms with Gasteiger partial charge in [0.25, 0.3) is 0 Å². The lowest BCUT2D eigenvalue weighted by Gasteiger charge is -2.08. The molecule has 1 aromatic heterocycles. The van der Waals surface area contributed by atoms with Crippen molar-refractivity contribution < 1.29 is 13.9 Å². The highest BCUT2D eigenvalue weighted by Gasteiger charge is 2.12. The molecule has 8 nitrogen and oxygen atoms in total. The van der Waals surface area contributed by atoms with Crippen LogP contribution in [0.2, 0.25) is 0 Å². The topological polar surface area (TPSA) is 107 Å². The zero-order valence-corrected chi connectivity index (χ0v) is 15.9. The third-order valence-corrected chi connectivity index (χ3v) is 4.66. The van der Waals surface area contributed by atoms with Gasteiger partial charge >= 0.3 is 0 Å². The summed E-state index contributed by atoms with van der Waals surface area (Å²) in [5.41, 5.74) is 1.27. The fourth-order valence-corrected chi connectivity index (χ4v) is 2.98. The summed E-state index contributed by atoms with van der Waals surface area (Å²) in [6, 6.07) is 13.1. The average Bonchev–Trinajstić information content (AvgIpc) is 3.05. The molecule has 0 aliphatic carbocycles. The molecular weight excluding hydrogens is 383 g/mol. The van der Waals surface area contributed by atoms with Crippen LogP contribution >= 0.6 is 11.8 Å². The van der Waals surface area contributed by atoms with E-state index >= 15 is 0 Å². The van der Waals surface area contributed by atoms with E-state index in [1.165, 1.54) is 22.9 Å². The Morgan fingerprint density at radius 1 is 1.21 bits per heavy atom. The van der Waals surface area contributed by atoms with E-state index in [-0.39, 0.29) is 11.7 Å². The van der Waals surface area contributed by atoms with Crippen LogP contribution in [-0.2, 0) is 11.3 Å². The maximum atomic E-state index is 13.2. The SMILES string of the molecule is COc1ccc(NCc2nnc(SCC(=O)Nc3cccc(F)c3)n2N)cc1. The second-order valence-electron chi connectivity index (χ2n) is 5.70. The Bertz CT molecular complexity index is 948. The van der Waals surface area contributed by atoms with Gasteiger partial charge in [0.15, 0.2) is 5.82 Å². The fraction of sp³-hybridized carbons (Fsp3) is 0.167. The van der Waals surface area contributed by atoms with Crippen LogP contribution in [0.4, 0.5) is 15.8 Å². The highest BCUT2D eigenvalue weighted by atomic mass is 32.2. The van der Waals surface area contributed by atoms with Crippen molar-refractivity contribution in [2.45, 2.75) is 11.7 Å². The predicted octanol–water partition coefficient (Wildman–Crippen LogP) is 2.48. The number of hydrogen-bond donors (Lipinski definition) is 3. The molecule has 0 fully saturated rings. The number of carbonyl (C=O) groups is 1. The van der Waals surface area contributed by atoms with E-state index < -0.39 is 5.82 Å². The van der Waals surface area contributed by atoms with Gasteiger partial charge in [-0.2, -0.15) is 0 Å². The second kappa shape index (κ2) is 9.09. The van der Waals surface area contributed by atoms with Crippen LogP contribution < -0.4 is 21.2 Å². The van der Waals surface area contributed by atoms with Gasteiger partial charge in [0.05, 0.1) is 19.4 Å². The lowest BCUT2D eigenvalue weighted by atomic mass is 10.3. The standard InChI is InChI=1S/C18H19FN6O2S/c1-27-15-7-5-13(6-8-15)21-10-16-23-24-18(25(16)20)28-11-17(26)22-14-4-2-3-12(19)9-14/h2-9,21H,10-11,20H2,1H3,(H,22,26). The molecule has 1 amide bonds. The first-order valence-electron chi connectivity index (χ1n) is 8.30. The summed E-state index contributed by atoms with van der Waals surface area (Å²) in [6.07, 6.45) is 0. The van der Waals surface area contributed by atoms with Crippen LogP contribution in [-0.4, -0.2) is 33.6 Å². The summed E-state index contributed by atoms with van der Waals surface area (Å²) in [6.45, 7) is 0.367. The predicted molar refractivity (Wildman–Crippen MR) is 106 cm³/mol. The van der Waals surface area contributed by atoms with Gasteiger partial charge in [-0.3, -0.25) is 4.79 Å². The first kappa shape index (κ1) is 19.5. The zero-order chi connectivity index (χ0) is 19.9. The number of halogens is 1. The van der Waals surface area contributed by atoms with Crippen molar-refractivity contribution in [3.05, 3.63) is 60.2 Å². The van der Waals surface area contributed by atoms with E-state index in [1.807, 2.05) is 24.3 Å². The van der Waals surface area contributed by atoms with E-state index in [2.05, 4.69) is 20.8 Å². The van der Waals surface area contributed by atoms with Gasteiger partial charge in [0.2, 0.25) is 11.1 Å². The number of ether oxygens (including phenoxy) is 1. The maximum absolute atomic E-state index is 13.2. The molecule has 0 bridgehead atoms. The monoisotopic (exact) mass is 402 g/mol. The quantitative estimate of drug-likeness (QED) is 0.392. The number of nitrogen functional groups attached to an aromatic ring is 1. The summed E-state index contributed by atoms with van der Waals surface area (Å²) < 4.78 is 19.6. The maximum Gasteiger partial charge on any atom is 0.234 e. The van der Waals surface area contributed by atoms with Crippen molar-refractivity contribution in [3.8, 4) is 5.75 Å². The van der Waals surface area contributed by atoms with Crippen molar-refractivity contribution in [1.82, 2.24) is 14.9 Å². The van der Waals surface area contributed by atoms with Crippen molar-refractivity contribution in [3.63, 3.8) is 0 Å². The molecule has 0 atom stereocenters. The molecule has 0 aliphatic heterocycles. The number of rotatable bonds is 8. The first-order valence-corrected chi connectivity index (χ1v) is 9.29. The third kappa shape index (κ3) is 5.13. The smallest absolute Gasteiger partial charge is 0.234 e. The lowest BCUT2D eigenvalue weighted by Crippen LogP contribution is -2.18. The van der Waals surface area contributed by atoms with Crippen molar-refractivity contribution >= 4 is 29.0 Å². The molecule has 1 heterocycles. The number of benzene rings is 2. The van der Waals surface area contributed by atoms with Crippen LogP contribution in [0.5, 0.6) is 5.75 Å². The molecule has 146 valence electrons. The van der Waals surface area contributed by atoms with Crippen LogP contribution in [0.15, 0.2) is 53.7 Å². The van der Waals surface area contributed by atoms with Crippen molar-refractivity contribution in [2.24, 2.45) is 0 Å². The fourth-order valence-electron chi connectivity index (χ4n) is 2.31. The number of aromatic nitrogens is 3. The zero-order valence-electron chi connectivity index (χ0n) is 15.1. The third-order valence-electron chi connectivity index (χ3n) is 3.72. The molecule has 2 aromatic carbocycles. The number of nitrogens with one attached hydrogen (secondary N) is 2. The number of amides is 1. The van der Waals surface area contributed by atoms with Gasteiger partial charge in [-0.25, -0.2) is 9.07 Å².